The topological polar surface area (TPSA) is 17.8 Å². The molecule has 0 spiro atoms. The van der Waals surface area contributed by atoms with Crippen LogP contribution in [0.3, 0.4) is 0 Å². The minimum Gasteiger partial charge on any atom is -0.348 e. The van der Waals surface area contributed by atoms with E-state index in [1.807, 2.05) is 24.4 Å². The first-order valence-electron chi connectivity index (χ1n) is 4.78. The molecule has 14 heavy (non-hydrogen) atoms. The molecule has 0 aromatic carbocycles. The molecule has 2 aromatic rings. The summed E-state index contributed by atoms with van der Waals surface area (Å²) in [5.41, 5.74) is 3.77. The molecule has 0 aliphatic rings. The Balaban J connectivity index is 2.19. The summed E-state index contributed by atoms with van der Waals surface area (Å²) in [4.78, 5) is 4.29. The average Bonchev–Trinajstić information content (AvgIpc) is 2.47. The van der Waals surface area contributed by atoms with Crippen molar-refractivity contribution >= 4 is 0 Å². The van der Waals surface area contributed by atoms with Gasteiger partial charge in [-0.3, -0.25) is 4.98 Å². The standard InChI is InChI=1S/C12H14N2/c1-10-7-14(8-11(10)2)9-12-5-3-4-6-13-12/h3-8H,9H2,1-2H3. The Bertz CT molecular complexity index is 396. The van der Waals surface area contributed by atoms with E-state index in [1.165, 1.54) is 11.1 Å². The van der Waals surface area contributed by atoms with Gasteiger partial charge in [0.25, 0.3) is 0 Å². The van der Waals surface area contributed by atoms with Gasteiger partial charge in [0.15, 0.2) is 0 Å². The number of rotatable bonds is 2. The van der Waals surface area contributed by atoms with Crippen LogP contribution in [0.25, 0.3) is 0 Å². The Labute approximate surface area is 84.2 Å². The Morgan fingerprint density at radius 2 is 1.86 bits per heavy atom. The van der Waals surface area contributed by atoms with E-state index in [0.717, 1.165) is 12.2 Å². The molecule has 0 saturated heterocycles. The average molecular weight is 186 g/mol. The second kappa shape index (κ2) is 3.66. The number of pyridine rings is 1. The summed E-state index contributed by atoms with van der Waals surface area (Å²) < 4.78 is 2.17. The molecule has 2 heteroatoms. The Morgan fingerprint density at radius 1 is 1.14 bits per heavy atom. The molecule has 2 aromatic heterocycles. The van der Waals surface area contributed by atoms with E-state index in [0.29, 0.717) is 0 Å². The third-order valence-electron chi connectivity index (χ3n) is 2.41. The van der Waals surface area contributed by atoms with Gasteiger partial charge < -0.3 is 4.57 Å². The summed E-state index contributed by atoms with van der Waals surface area (Å²) in [6, 6.07) is 6.01. The van der Waals surface area contributed by atoms with E-state index >= 15 is 0 Å². The molecule has 0 bridgehead atoms. The first-order chi connectivity index (χ1) is 6.75. The van der Waals surface area contributed by atoms with Crippen LogP contribution in [0.5, 0.6) is 0 Å². The third-order valence-corrected chi connectivity index (χ3v) is 2.41. The molecule has 0 unspecified atom stereocenters. The van der Waals surface area contributed by atoms with E-state index in [4.69, 9.17) is 0 Å². The summed E-state index contributed by atoms with van der Waals surface area (Å²) in [5.74, 6) is 0. The van der Waals surface area contributed by atoms with Crippen LogP contribution in [0.1, 0.15) is 16.8 Å². The van der Waals surface area contributed by atoms with Gasteiger partial charge in [-0.05, 0) is 37.1 Å². The van der Waals surface area contributed by atoms with Crippen LogP contribution >= 0.6 is 0 Å². The van der Waals surface area contributed by atoms with Gasteiger partial charge in [-0.25, -0.2) is 0 Å². The lowest BCUT2D eigenvalue weighted by Crippen LogP contribution is -1.97. The summed E-state index contributed by atoms with van der Waals surface area (Å²) in [6.45, 7) is 5.12. The number of nitrogens with zero attached hydrogens (tertiary/aromatic N) is 2. The number of hydrogen-bond acceptors (Lipinski definition) is 1. The van der Waals surface area contributed by atoms with Gasteiger partial charge in [0, 0.05) is 18.6 Å². The second-order valence-corrected chi connectivity index (χ2v) is 3.62. The first-order valence-corrected chi connectivity index (χ1v) is 4.78. The van der Waals surface area contributed by atoms with Gasteiger partial charge >= 0.3 is 0 Å². The van der Waals surface area contributed by atoms with Crippen LogP contribution < -0.4 is 0 Å². The zero-order valence-electron chi connectivity index (χ0n) is 8.57. The van der Waals surface area contributed by atoms with Crippen LogP contribution in [0.2, 0.25) is 0 Å². The van der Waals surface area contributed by atoms with Crippen LogP contribution in [0.4, 0.5) is 0 Å². The second-order valence-electron chi connectivity index (χ2n) is 3.62. The van der Waals surface area contributed by atoms with Crippen molar-refractivity contribution in [2.45, 2.75) is 20.4 Å². The highest BCUT2D eigenvalue weighted by molar-refractivity contribution is 5.21. The maximum atomic E-state index is 4.29. The van der Waals surface area contributed by atoms with Crippen molar-refractivity contribution in [2.24, 2.45) is 0 Å². The minimum absolute atomic E-state index is 0.857. The molecular formula is C12H14N2. The largest absolute Gasteiger partial charge is 0.348 e. The fourth-order valence-electron chi connectivity index (χ4n) is 1.51. The maximum absolute atomic E-state index is 4.29. The number of aryl methyl sites for hydroxylation is 2. The third kappa shape index (κ3) is 1.84. The molecular weight excluding hydrogens is 172 g/mol. The van der Waals surface area contributed by atoms with Crippen molar-refractivity contribution in [3.8, 4) is 0 Å². The van der Waals surface area contributed by atoms with Crippen molar-refractivity contribution in [1.82, 2.24) is 9.55 Å². The Hall–Kier alpha value is -1.57. The molecule has 2 nitrogen and oxygen atoms in total. The smallest absolute Gasteiger partial charge is 0.0642 e. The summed E-state index contributed by atoms with van der Waals surface area (Å²) in [5, 5.41) is 0. The van der Waals surface area contributed by atoms with Crippen LogP contribution in [0.15, 0.2) is 36.8 Å². The van der Waals surface area contributed by atoms with Crippen molar-refractivity contribution in [3.63, 3.8) is 0 Å². The highest BCUT2D eigenvalue weighted by atomic mass is 15.0. The summed E-state index contributed by atoms with van der Waals surface area (Å²) in [6.07, 6.45) is 6.15. The minimum atomic E-state index is 0.857. The SMILES string of the molecule is Cc1cn(Cc2ccccn2)cc1C. The van der Waals surface area contributed by atoms with Gasteiger partial charge in [-0.15, -0.1) is 0 Å². The predicted octanol–water partition coefficient (Wildman–Crippen LogP) is 2.55. The molecule has 0 atom stereocenters. The van der Waals surface area contributed by atoms with E-state index in [9.17, 15) is 0 Å². The van der Waals surface area contributed by atoms with Gasteiger partial charge in [-0.1, -0.05) is 6.07 Å². The van der Waals surface area contributed by atoms with E-state index in [2.05, 4.69) is 35.8 Å². The molecule has 0 saturated carbocycles. The van der Waals surface area contributed by atoms with Crippen LogP contribution in [-0.2, 0) is 6.54 Å². The van der Waals surface area contributed by atoms with E-state index in [1.54, 1.807) is 0 Å². The predicted molar refractivity (Wildman–Crippen MR) is 57.2 cm³/mol. The highest BCUT2D eigenvalue weighted by Gasteiger charge is 1.98. The molecule has 0 N–H and O–H groups in total. The molecule has 72 valence electrons. The quantitative estimate of drug-likeness (QED) is 0.704. The lowest BCUT2D eigenvalue weighted by Gasteiger charge is -2.00. The highest BCUT2D eigenvalue weighted by Crippen LogP contribution is 2.08. The number of aromatic nitrogens is 2. The van der Waals surface area contributed by atoms with E-state index < -0.39 is 0 Å². The summed E-state index contributed by atoms with van der Waals surface area (Å²) in [7, 11) is 0. The van der Waals surface area contributed by atoms with Gasteiger partial charge in [0.1, 0.15) is 0 Å². The zero-order chi connectivity index (χ0) is 9.97. The molecule has 0 radical (unpaired) electrons. The number of hydrogen-bond donors (Lipinski definition) is 0. The Morgan fingerprint density at radius 3 is 2.43 bits per heavy atom. The van der Waals surface area contributed by atoms with Crippen LogP contribution in [0, 0.1) is 13.8 Å². The molecule has 0 amide bonds. The Kier molecular flexibility index (Phi) is 2.35. The first kappa shape index (κ1) is 9.00. The van der Waals surface area contributed by atoms with Crippen molar-refractivity contribution in [2.75, 3.05) is 0 Å². The molecule has 2 heterocycles. The zero-order valence-corrected chi connectivity index (χ0v) is 8.57. The maximum Gasteiger partial charge on any atom is 0.0642 e. The molecule has 2 rings (SSSR count). The normalized spacial score (nSPS) is 10.4. The lowest BCUT2D eigenvalue weighted by atomic mass is 10.2. The van der Waals surface area contributed by atoms with E-state index in [-0.39, 0.29) is 0 Å². The monoisotopic (exact) mass is 186 g/mol. The lowest BCUT2D eigenvalue weighted by molar-refractivity contribution is 0.778. The molecule has 0 aliphatic carbocycles. The van der Waals surface area contributed by atoms with Gasteiger partial charge in [0.2, 0.25) is 0 Å². The fourth-order valence-corrected chi connectivity index (χ4v) is 1.51. The van der Waals surface area contributed by atoms with Crippen LogP contribution in [-0.4, -0.2) is 9.55 Å². The summed E-state index contributed by atoms with van der Waals surface area (Å²) >= 11 is 0. The fraction of sp³-hybridized carbons (Fsp3) is 0.250. The van der Waals surface area contributed by atoms with Crippen molar-refractivity contribution in [3.05, 3.63) is 53.6 Å². The van der Waals surface area contributed by atoms with Gasteiger partial charge in [0.05, 0.1) is 12.2 Å². The molecule has 0 fully saturated rings. The van der Waals surface area contributed by atoms with Crippen molar-refractivity contribution in [1.29, 1.82) is 0 Å². The van der Waals surface area contributed by atoms with Crippen molar-refractivity contribution < 1.29 is 0 Å². The van der Waals surface area contributed by atoms with Gasteiger partial charge in [-0.2, -0.15) is 0 Å². The molecule has 0 aliphatic heterocycles.